The molecule has 1 heterocycles. The largest absolute Gasteiger partial charge is 0.388 e. The van der Waals surface area contributed by atoms with Crippen LogP contribution >= 0.6 is 11.6 Å². The molecule has 0 bridgehead atoms. The number of pyridine rings is 1. The van der Waals surface area contributed by atoms with Crippen molar-refractivity contribution < 1.29 is 10.2 Å². The first-order chi connectivity index (χ1) is 15.8. The third kappa shape index (κ3) is 5.88. The van der Waals surface area contributed by atoms with Crippen LogP contribution in [0.2, 0.25) is 5.02 Å². The van der Waals surface area contributed by atoms with E-state index >= 15 is 0 Å². The lowest BCUT2D eigenvalue weighted by Gasteiger charge is -2.22. The lowest BCUT2D eigenvalue weighted by Crippen LogP contribution is -2.18. The highest BCUT2D eigenvalue weighted by atomic mass is 35.5. The molecular formula is C29H28ClNO2. The van der Waals surface area contributed by atoms with Gasteiger partial charge in [0, 0.05) is 10.4 Å². The predicted molar refractivity (Wildman–Crippen MR) is 137 cm³/mol. The number of nitrogens with zero attached hydrogens (tertiary/aromatic N) is 1. The molecule has 2 N–H and O–H groups in total. The summed E-state index contributed by atoms with van der Waals surface area (Å²) in [6.07, 6.45) is 4.64. The molecule has 33 heavy (non-hydrogen) atoms. The second kappa shape index (κ2) is 9.88. The second-order valence-electron chi connectivity index (χ2n) is 8.85. The van der Waals surface area contributed by atoms with Crippen molar-refractivity contribution in [2.24, 2.45) is 0 Å². The van der Waals surface area contributed by atoms with Crippen molar-refractivity contribution in [1.82, 2.24) is 4.98 Å². The topological polar surface area (TPSA) is 53.4 Å². The molecule has 1 aromatic heterocycles. The molecule has 0 saturated carbocycles. The maximum atomic E-state index is 10.8. The van der Waals surface area contributed by atoms with Crippen LogP contribution in [0.1, 0.15) is 54.3 Å². The van der Waals surface area contributed by atoms with Gasteiger partial charge in [-0.15, -0.1) is 0 Å². The number of hydrogen-bond donors (Lipinski definition) is 2. The van der Waals surface area contributed by atoms with Gasteiger partial charge in [-0.1, -0.05) is 72.3 Å². The van der Waals surface area contributed by atoms with E-state index in [2.05, 4.69) is 4.98 Å². The van der Waals surface area contributed by atoms with Crippen LogP contribution in [0.3, 0.4) is 0 Å². The van der Waals surface area contributed by atoms with Crippen molar-refractivity contribution in [3.8, 4) is 0 Å². The Kier molecular flexibility index (Phi) is 6.94. The number of rotatable bonds is 7. The summed E-state index contributed by atoms with van der Waals surface area (Å²) in [7, 11) is 0. The van der Waals surface area contributed by atoms with Gasteiger partial charge in [-0.05, 0) is 79.3 Å². The summed E-state index contributed by atoms with van der Waals surface area (Å²) >= 11 is 6.09. The van der Waals surface area contributed by atoms with E-state index < -0.39 is 11.7 Å². The zero-order valence-electron chi connectivity index (χ0n) is 18.9. The molecular weight excluding hydrogens is 430 g/mol. The van der Waals surface area contributed by atoms with Crippen molar-refractivity contribution in [3.05, 3.63) is 112 Å². The second-order valence-corrected chi connectivity index (χ2v) is 9.28. The van der Waals surface area contributed by atoms with Gasteiger partial charge in [0.1, 0.15) is 0 Å². The fourth-order valence-corrected chi connectivity index (χ4v) is 4.21. The fraction of sp³-hybridized carbons (Fsp3) is 0.207. The quantitative estimate of drug-likeness (QED) is 0.315. The molecule has 0 aliphatic heterocycles. The molecule has 3 aromatic carbocycles. The Morgan fingerprint density at radius 2 is 1.73 bits per heavy atom. The zero-order chi connectivity index (χ0) is 23.4. The van der Waals surface area contributed by atoms with Crippen molar-refractivity contribution in [2.45, 2.75) is 38.4 Å². The van der Waals surface area contributed by atoms with Gasteiger partial charge in [0.2, 0.25) is 0 Å². The van der Waals surface area contributed by atoms with E-state index in [0.29, 0.717) is 17.9 Å². The van der Waals surface area contributed by atoms with Crippen molar-refractivity contribution >= 4 is 34.7 Å². The molecule has 0 aliphatic carbocycles. The summed E-state index contributed by atoms with van der Waals surface area (Å²) in [5.74, 6) is 0. The Bertz CT molecular complexity index is 1290. The first-order valence-corrected chi connectivity index (χ1v) is 11.5. The monoisotopic (exact) mass is 457 g/mol. The minimum Gasteiger partial charge on any atom is -0.388 e. The fourth-order valence-electron chi connectivity index (χ4n) is 4.04. The van der Waals surface area contributed by atoms with Crippen LogP contribution < -0.4 is 0 Å². The van der Waals surface area contributed by atoms with Crippen LogP contribution in [0.5, 0.6) is 0 Å². The number of halogens is 1. The van der Waals surface area contributed by atoms with Crippen LogP contribution in [0.25, 0.3) is 23.1 Å². The highest BCUT2D eigenvalue weighted by Crippen LogP contribution is 2.27. The van der Waals surface area contributed by atoms with Gasteiger partial charge in [0.25, 0.3) is 0 Å². The van der Waals surface area contributed by atoms with Gasteiger partial charge < -0.3 is 10.2 Å². The van der Waals surface area contributed by atoms with E-state index in [0.717, 1.165) is 38.9 Å². The van der Waals surface area contributed by atoms with E-state index in [-0.39, 0.29) is 0 Å². The van der Waals surface area contributed by atoms with E-state index in [1.165, 1.54) is 0 Å². The number of aliphatic hydroxyl groups excluding tert-OH is 1. The lowest BCUT2D eigenvalue weighted by atomic mass is 9.90. The summed E-state index contributed by atoms with van der Waals surface area (Å²) in [4.78, 5) is 4.66. The van der Waals surface area contributed by atoms with Crippen LogP contribution in [0.15, 0.2) is 78.9 Å². The molecule has 0 spiro atoms. The number of benzene rings is 3. The molecule has 1 unspecified atom stereocenters. The lowest BCUT2D eigenvalue weighted by molar-refractivity contribution is 0.0772. The van der Waals surface area contributed by atoms with Crippen molar-refractivity contribution in [2.75, 3.05) is 0 Å². The zero-order valence-corrected chi connectivity index (χ0v) is 19.6. The number of aliphatic hydroxyl groups is 2. The molecule has 168 valence electrons. The average molecular weight is 458 g/mol. The molecule has 0 saturated heterocycles. The van der Waals surface area contributed by atoms with Crippen LogP contribution in [-0.2, 0) is 12.0 Å². The number of aryl methyl sites for hydroxylation is 1. The molecule has 0 radical (unpaired) electrons. The normalized spacial score (nSPS) is 13.0. The van der Waals surface area contributed by atoms with Crippen molar-refractivity contribution in [1.29, 1.82) is 0 Å². The Morgan fingerprint density at radius 3 is 2.55 bits per heavy atom. The summed E-state index contributed by atoms with van der Waals surface area (Å²) in [6.45, 7) is 3.58. The Hall–Kier alpha value is -2.98. The Balaban J connectivity index is 1.47. The van der Waals surface area contributed by atoms with Crippen LogP contribution in [0.4, 0.5) is 0 Å². The predicted octanol–water partition coefficient (Wildman–Crippen LogP) is 6.95. The molecule has 4 heteroatoms. The first kappa shape index (κ1) is 23.2. The van der Waals surface area contributed by atoms with E-state index in [1.807, 2.05) is 91.0 Å². The molecule has 0 fully saturated rings. The van der Waals surface area contributed by atoms with Gasteiger partial charge in [-0.25, -0.2) is 4.98 Å². The van der Waals surface area contributed by atoms with E-state index in [9.17, 15) is 10.2 Å². The molecule has 4 rings (SSSR count). The minimum absolute atomic E-state index is 0.577. The molecule has 3 nitrogen and oxygen atoms in total. The van der Waals surface area contributed by atoms with Crippen LogP contribution in [0, 0.1) is 0 Å². The Morgan fingerprint density at radius 1 is 0.939 bits per heavy atom. The van der Waals surface area contributed by atoms with Gasteiger partial charge >= 0.3 is 0 Å². The number of fused-ring (bicyclic) bond motifs is 1. The maximum absolute atomic E-state index is 10.8. The standard InChI is InChI=1S/C29H28ClNO2/c1-29(2,33)26-9-4-3-7-21(26)13-17-28(32)23-8-5-6-20(18-23)10-15-25-16-12-22-11-14-24(30)19-27(22)31-25/h3-12,14-16,18-19,28,32-33H,13,17H2,1-2H3/b15-10+. The molecule has 1 atom stereocenters. The van der Waals surface area contributed by atoms with Gasteiger partial charge in [0.05, 0.1) is 22.9 Å². The SMILES string of the molecule is CC(C)(O)c1ccccc1CCC(O)c1cccc(/C=C/c2ccc3ccc(Cl)cc3n2)c1. The third-order valence-electron chi connectivity index (χ3n) is 5.78. The van der Waals surface area contributed by atoms with Gasteiger partial charge in [-0.3, -0.25) is 0 Å². The first-order valence-electron chi connectivity index (χ1n) is 11.1. The van der Waals surface area contributed by atoms with Crippen molar-refractivity contribution in [3.63, 3.8) is 0 Å². The summed E-state index contributed by atoms with van der Waals surface area (Å²) in [6, 6.07) is 25.5. The molecule has 0 aliphatic rings. The number of aromatic nitrogens is 1. The Labute approximate surface area is 200 Å². The smallest absolute Gasteiger partial charge is 0.0843 e. The molecule has 0 amide bonds. The van der Waals surface area contributed by atoms with E-state index in [1.54, 1.807) is 13.8 Å². The summed E-state index contributed by atoms with van der Waals surface area (Å²) < 4.78 is 0. The molecule has 4 aromatic rings. The summed E-state index contributed by atoms with van der Waals surface area (Å²) in [5.41, 5.74) is 4.63. The highest BCUT2D eigenvalue weighted by molar-refractivity contribution is 6.31. The van der Waals surface area contributed by atoms with Crippen LogP contribution in [-0.4, -0.2) is 15.2 Å². The maximum Gasteiger partial charge on any atom is 0.0843 e. The van der Waals surface area contributed by atoms with Gasteiger partial charge in [-0.2, -0.15) is 0 Å². The highest BCUT2D eigenvalue weighted by Gasteiger charge is 2.20. The number of hydrogen-bond acceptors (Lipinski definition) is 3. The minimum atomic E-state index is -0.908. The van der Waals surface area contributed by atoms with Gasteiger partial charge in [0.15, 0.2) is 0 Å². The third-order valence-corrected chi connectivity index (χ3v) is 6.02. The summed E-state index contributed by atoms with van der Waals surface area (Å²) in [5, 5.41) is 23.0. The average Bonchev–Trinajstić information content (AvgIpc) is 2.80. The van der Waals surface area contributed by atoms with E-state index in [4.69, 9.17) is 11.6 Å².